The molecule has 1 aromatic rings. The molecule has 0 N–H and O–H groups in total. The summed E-state index contributed by atoms with van der Waals surface area (Å²) in [5.74, 6) is -0.983. The average molecular weight is 329 g/mol. The molecular formula is C17H15NO6. The van der Waals surface area contributed by atoms with Gasteiger partial charge in [0.15, 0.2) is 5.78 Å². The highest BCUT2D eigenvalue weighted by Crippen LogP contribution is 2.56. The third-order valence-electron chi connectivity index (χ3n) is 4.79. The Morgan fingerprint density at radius 2 is 1.92 bits per heavy atom. The van der Waals surface area contributed by atoms with Gasteiger partial charge in [0.05, 0.1) is 25.5 Å². The zero-order chi connectivity index (χ0) is 17.1. The van der Waals surface area contributed by atoms with Crippen molar-refractivity contribution in [3.05, 3.63) is 35.4 Å². The van der Waals surface area contributed by atoms with Gasteiger partial charge >= 0.3 is 11.9 Å². The van der Waals surface area contributed by atoms with Gasteiger partial charge in [0.25, 0.3) is 0 Å². The molecule has 2 unspecified atom stereocenters. The Morgan fingerprint density at radius 1 is 1.21 bits per heavy atom. The molecule has 3 aliphatic heterocycles. The number of para-hydroxylation sites is 2. The van der Waals surface area contributed by atoms with E-state index in [1.165, 1.54) is 14.2 Å². The van der Waals surface area contributed by atoms with E-state index in [0.717, 1.165) is 0 Å². The van der Waals surface area contributed by atoms with Crippen LogP contribution in [0.5, 0.6) is 5.75 Å². The van der Waals surface area contributed by atoms with E-state index in [1.54, 1.807) is 17.0 Å². The van der Waals surface area contributed by atoms with Crippen LogP contribution in [0, 0.1) is 0 Å². The normalized spacial score (nSPS) is 26.7. The zero-order valence-electron chi connectivity index (χ0n) is 13.2. The van der Waals surface area contributed by atoms with Gasteiger partial charge in [0.1, 0.15) is 17.4 Å². The van der Waals surface area contributed by atoms with E-state index in [2.05, 4.69) is 0 Å². The average Bonchev–Trinajstić information content (AvgIpc) is 3.04. The highest BCUT2D eigenvalue weighted by molar-refractivity contribution is 6.13. The molecule has 3 heterocycles. The van der Waals surface area contributed by atoms with Gasteiger partial charge in [0.2, 0.25) is 5.72 Å². The van der Waals surface area contributed by atoms with Crippen molar-refractivity contribution in [3.63, 3.8) is 0 Å². The van der Waals surface area contributed by atoms with Crippen LogP contribution in [0.4, 0.5) is 5.69 Å². The van der Waals surface area contributed by atoms with E-state index in [9.17, 15) is 14.4 Å². The molecule has 7 nitrogen and oxygen atoms in total. The Balaban J connectivity index is 2.00. The molecule has 1 fully saturated rings. The van der Waals surface area contributed by atoms with Crippen LogP contribution in [0.25, 0.3) is 0 Å². The predicted molar refractivity (Wildman–Crippen MR) is 81.4 cm³/mol. The molecule has 0 aliphatic carbocycles. The van der Waals surface area contributed by atoms with Crippen LogP contribution in [-0.2, 0) is 23.9 Å². The summed E-state index contributed by atoms with van der Waals surface area (Å²) in [6.07, 6.45) is 0.470. The quantitative estimate of drug-likeness (QED) is 0.748. The lowest BCUT2D eigenvalue weighted by molar-refractivity contribution is -0.140. The summed E-state index contributed by atoms with van der Waals surface area (Å²) in [4.78, 5) is 39.1. The third kappa shape index (κ3) is 1.59. The van der Waals surface area contributed by atoms with Gasteiger partial charge in [0, 0.05) is 12.8 Å². The van der Waals surface area contributed by atoms with E-state index in [-0.39, 0.29) is 29.8 Å². The van der Waals surface area contributed by atoms with Crippen molar-refractivity contribution in [1.29, 1.82) is 0 Å². The number of nitrogens with zero attached hydrogens (tertiary/aromatic N) is 1. The topological polar surface area (TPSA) is 82.1 Å². The number of ketones is 1. The molecular weight excluding hydrogens is 314 g/mol. The summed E-state index contributed by atoms with van der Waals surface area (Å²) in [5, 5.41) is 0. The zero-order valence-corrected chi connectivity index (χ0v) is 13.2. The fourth-order valence-corrected chi connectivity index (χ4v) is 3.89. The minimum absolute atomic E-state index is 0.0151. The molecule has 3 aliphatic rings. The van der Waals surface area contributed by atoms with Crippen LogP contribution in [0.15, 0.2) is 35.4 Å². The number of Topliss-reactive ketones (excluding diaryl/α,β-unsaturated/α-hetero) is 1. The number of esters is 2. The van der Waals surface area contributed by atoms with Gasteiger partial charge in [-0.1, -0.05) is 12.1 Å². The Bertz CT molecular complexity index is 813. The van der Waals surface area contributed by atoms with Crippen LogP contribution >= 0.6 is 0 Å². The monoisotopic (exact) mass is 329 g/mol. The molecule has 2 bridgehead atoms. The SMILES string of the molecule is COC(=O)C1=C(C(=O)OC)C23CCC(=O)C1N2c1ccccc1O3. The van der Waals surface area contributed by atoms with Gasteiger partial charge in [-0.15, -0.1) is 0 Å². The molecule has 0 aromatic heterocycles. The minimum atomic E-state index is -1.20. The van der Waals surface area contributed by atoms with Crippen LogP contribution < -0.4 is 9.64 Å². The van der Waals surface area contributed by atoms with E-state index >= 15 is 0 Å². The van der Waals surface area contributed by atoms with Crippen molar-refractivity contribution in [2.24, 2.45) is 0 Å². The van der Waals surface area contributed by atoms with Gasteiger partial charge in [-0.3, -0.25) is 4.79 Å². The molecule has 2 atom stereocenters. The summed E-state index contributed by atoms with van der Waals surface area (Å²) in [6, 6.07) is 6.30. The number of hydrogen-bond acceptors (Lipinski definition) is 7. The molecule has 7 heteroatoms. The van der Waals surface area contributed by atoms with E-state index in [4.69, 9.17) is 14.2 Å². The molecule has 24 heavy (non-hydrogen) atoms. The van der Waals surface area contributed by atoms with Crippen LogP contribution in [-0.4, -0.2) is 43.7 Å². The van der Waals surface area contributed by atoms with Crippen molar-refractivity contribution in [3.8, 4) is 5.75 Å². The number of carbonyl (C=O) groups is 3. The predicted octanol–water partition coefficient (Wildman–Crippen LogP) is 0.969. The number of piperidine rings is 1. The molecule has 1 saturated heterocycles. The van der Waals surface area contributed by atoms with Gasteiger partial charge in [-0.05, 0) is 12.1 Å². The second-order valence-corrected chi connectivity index (χ2v) is 5.86. The number of methoxy groups -OCH3 is 2. The number of benzene rings is 1. The van der Waals surface area contributed by atoms with E-state index < -0.39 is 23.7 Å². The number of hydrogen-bond donors (Lipinski definition) is 0. The number of fused-ring (bicyclic) bond motifs is 1. The highest BCUT2D eigenvalue weighted by Gasteiger charge is 2.66. The van der Waals surface area contributed by atoms with Crippen molar-refractivity contribution >= 4 is 23.4 Å². The smallest absolute Gasteiger partial charge is 0.340 e. The number of anilines is 1. The molecule has 0 spiro atoms. The van der Waals surface area contributed by atoms with Gasteiger partial charge in [-0.2, -0.15) is 0 Å². The van der Waals surface area contributed by atoms with E-state index in [0.29, 0.717) is 11.4 Å². The molecule has 1 aromatic carbocycles. The third-order valence-corrected chi connectivity index (χ3v) is 4.79. The lowest BCUT2D eigenvalue weighted by atomic mass is 9.94. The Labute approximate surface area is 137 Å². The first-order valence-electron chi connectivity index (χ1n) is 7.56. The van der Waals surface area contributed by atoms with Gasteiger partial charge in [-0.25, -0.2) is 9.59 Å². The molecule has 0 saturated carbocycles. The lowest BCUT2D eigenvalue weighted by Gasteiger charge is -2.39. The van der Waals surface area contributed by atoms with Crippen molar-refractivity contribution in [2.75, 3.05) is 19.1 Å². The summed E-state index contributed by atoms with van der Waals surface area (Å²) in [5.41, 5.74) is -0.445. The first-order valence-corrected chi connectivity index (χ1v) is 7.56. The maximum absolute atomic E-state index is 12.6. The summed E-state index contributed by atoms with van der Waals surface area (Å²) in [6.45, 7) is 0. The first kappa shape index (κ1) is 14.7. The Hall–Kier alpha value is -2.83. The molecule has 0 radical (unpaired) electrons. The van der Waals surface area contributed by atoms with Crippen molar-refractivity contribution in [2.45, 2.75) is 24.6 Å². The second kappa shape index (κ2) is 4.83. The number of carbonyl (C=O) groups excluding carboxylic acids is 3. The summed E-state index contributed by atoms with van der Waals surface area (Å²) in [7, 11) is 2.45. The summed E-state index contributed by atoms with van der Waals surface area (Å²) >= 11 is 0. The lowest BCUT2D eigenvalue weighted by Crippen LogP contribution is -2.57. The standard InChI is InChI=1S/C17H15NO6/c1-22-15(20)12-13(16(21)23-2)17-8-7-10(19)14(12)18(17)9-5-3-4-6-11(9)24-17/h3-6,14H,7-8H2,1-2H3. The van der Waals surface area contributed by atoms with Crippen molar-refractivity contribution < 1.29 is 28.6 Å². The van der Waals surface area contributed by atoms with Crippen LogP contribution in [0.3, 0.4) is 0 Å². The maximum atomic E-state index is 12.6. The maximum Gasteiger partial charge on any atom is 0.340 e. The fourth-order valence-electron chi connectivity index (χ4n) is 3.89. The minimum Gasteiger partial charge on any atom is -0.466 e. The van der Waals surface area contributed by atoms with Crippen LogP contribution in [0.2, 0.25) is 0 Å². The number of ether oxygens (including phenoxy) is 3. The fraction of sp³-hybridized carbons (Fsp3) is 0.353. The van der Waals surface area contributed by atoms with E-state index in [1.807, 2.05) is 12.1 Å². The number of rotatable bonds is 2. The highest BCUT2D eigenvalue weighted by atomic mass is 16.6. The Morgan fingerprint density at radius 3 is 2.62 bits per heavy atom. The summed E-state index contributed by atoms with van der Waals surface area (Å²) < 4.78 is 15.8. The second-order valence-electron chi connectivity index (χ2n) is 5.86. The molecule has 0 amide bonds. The largest absolute Gasteiger partial charge is 0.466 e. The van der Waals surface area contributed by atoms with Crippen LogP contribution in [0.1, 0.15) is 12.8 Å². The molecule has 124 valence electrons. The van der Waals surface area contributed by atoms with Crippen molar-refractivity contribution in [1.82, 2.24) is 0 Å². The molecule has 4 rings (SSSR count). The Kier molecular flexibility index (Phi) is 2.97. The first-order chi connectivity index (χ1) is 11.5. The van der Waals surface area contributed by atoms with Gasteiger partial charge < -0.3 is 19.1 Å².